The van der Waals surface area contributed by atoms with Crippen molar-refractivity contribution in [3.8, 4) is 0 Å². The third-order valence-corrected chi connectivity index (χ3v) is 3.43. The molecule has 3 aromatic carbocycles. The Morgan fingerprint density at radius 3 is 1.35 bits per heavy atom. The predicted molar refractivity (Wildman–Crippen MR) is 97.3 cm³/mol. The Labute approximate surface area is 136 Å². The van der Waals surface area contributed by atoms with Gasteiger partial charge in [0.2, 0.25) is 0 Å². The standard InChI is InChI=1S/C21H18N2/c1-4-10-18(11-5-1)16-22-21(20-14-8-3-9-15-20)23-17-19-12-6-2-7-13-19/h1-17,21H/b22-16+,23-17+. The maximum absolute atomic E-state index is 4.66. The van der Waals surface area contributed by atoms with Gasteiger partial charge in [-0.15, -0.1) is 0 Å². The van der Waals surface area contributed by atoms with E-state index in [9.17, 15) is 0 Å². The smallest absolute Gasteiger partial charge is 0.165 e. The fourth-order valence-electron chi connectivity index (χ4n) is 2.23. The molecule has 0 aliphatic rings. The number of nitrogens with zero attached hydrogens (tertiary/aromatic N) is 2. The molecule has 2 nitrogen and oxygen atoms in total. The zero-order valence-corrected chi connectivity index (χ0v) is 12.8. The minimum atomic E-state index is -0.239. The Hall–Kier alpha value is -3.00. The molecule has 0 saturated carbocycles. The van der Waals surface area contributed by atoms with E-state index in [1.807, 2.05) is 91.3 Å². The molecule has 0 heterocycles. The van der Waals surface area contributed by atoms with E-state index in [2.05, 4.69) is 22.1 Å². The molecular weight excluding hydrogens is 280 g/mol. The van der Waals surface area contributed by atoms with Crippen LogP contribution < -0.4 is 0 Å². The van der Waals surface area contributed by atoms with E-state index in [0.29, 0.717) is 0 Å². The average molecular weight is 298 g/mol. The van der Waals surface area contributed by atoms with Crippen LogP contribution in [0.15, 0.2) is 101 Å². The number of benzene rings is 3. The molecule has 23 heavy (non-hydrogen) atoms. The molecule has 0 saturated heterocycles. The van der Waals surface area contributed by atoms with Crippen molar-refractivity contribution in [2.45, 2.75) is 6.17 Å². The quantitative estimate of drug-likeness (QED) is 0.597. The summed E-state index contributed by atoms with van der Waals surface area (Å²) in [4.78, 5) is 9.31. The molecule has 0 aromatic heterocycles. The summed E-state index contributed by atoms with van der Waals surface area (Å²) >= 11 is 0. The zero-order chi connectivity index (χ0) is 15.7. The van der Waals surface area contributed by atoms with Crippen LogP contribution in [-0.2, 0) is 0 Å². The maximum atomic E-state index is 4.66. The van der Waals surface area contributed by atoms with E-state index >= 15 is 0 Å². The largest absolute Gasteiger partial charge is 0.261 e. The van der Waals surface area contributed by atoms with Crippen molar-refractivity contribution < 1.29 is 0 Å². The van der Waals surface area contributed by atoms with Crippen molar-refractivity contribution in [2.24, 2.45) is 9.98 Å². The first-order chi connectivity index (χ1) is 11.4. The Kier molecular flexibility index (Phi) is 5.09. The van der Waals surface area contributed by atoms with Gasteiger partial charge in [-0.25, -0.2) is 0 Å². The minimum Gasteiger partial charge on any atom is -0.261 e. The second-order valence-electron chi connectivity index (χ2n) is 5.16. The summed E-state index contributed by atoms with van der Waals surface area (Å²) in [7, 11) is 0. The molecule has 0 radical (unpaired) electrons. The fraction of sp³-hybridized carbons (Fsp3) is 0.0476. The van der Waals surface area contributed by atoms with Crippen LogP contribution in [0, 0.1) is 0 Å². The molecule has 0 N–H and O–H groups in total. The van der Waals surface area contributed by atoms with Crippen molar-refractivity contribution in [1.82, 2.24) is 0 Å². The van der Waals surface area contributed by atoms with E-state index < -0.39 is 0 Å². The van der Waals surface area contributed by atoms with Gasteiger partial charge >= 0.3 is 0 Å². The first kappa shape index (κ1) is 14.9. The van der Waals surface area contributed by atoms with Crippen LogP contribution in [0.1, 0.15) is 22.9 Å². The molecule has 0 amide bonds. The summed E-state index contributed by atoms with van der Waals surface area (Å²) in [5.41, 5.74) is 3.22. The highest BCUT2D eigenvalue weighted by Crippen LogP contribution is 2.18. The number of hydrogen-bond acceptors (Lipinski definition) is 2. The highest BCUT2D eigenvalue weighted by atomic mass is 15.0. The Balaban J connectivity index is 1.85. The van der Waals surface area contributed by atoms with Crippen LogP contribution in [0.4, 0.5) is 0 Å². The molecule has 3 rings (SSSR count). The lowest BCUT2D eigenvalue weighted by Gasteiger charge is -2.07. The van der Waals surface area contributed by atoms with E-state index in [1.54, 1.807) is 0 Å². The van der Waals surface area contributed by atoms with Crippen molar-refractivity contribution in [2.75, 3.05) is 0 Å². The predicted octanol–water partition coefficient (Wildman–Crippen LogP) is 4.92. The van der Waals surface area contributed by atoms with Crippen LogP contribution in [0.25, 0.3) is 0 Å². The molecule has 0 atom stereocenters. The Morgan fingerprint density at radius 2 is 0.913 bits per heavy atom. The summed E-state index contributed by atoms with van der Waals surface area (Å²) < 4.78 is 0. The molecule has 0 unspecified atom stereocenters. The first-order valence-electron chi connectivity index (χ1n) is 7.63. The van der Waals surface area contributed by atoms with Gasteiger partial charge in [0, 0.05) is 12.4 Å². The van der Waals surface area contributed by atoms with Crippen molar-refractivity contribution in [1.29, 1.82) is 0 Å². The van der Waals surface area contributed by atoms with E-state index in [4.69, 9.17) is 0 Å². The Morgan fingerprint density at radius 1 is 0.522 bits per heavy atom. The van der Waals surface area contributed by atoms with Gasteiger partial charge in [0.25, 0.3) is 0 Å². The van der Waals surface area contributed by atoms with Gasteiger partial charge in [0.05, 0.1) is 0 Å². The van der Waals surface area contributed by atoms with E-state index in [0.717, 1.165) is 16.7 Å². The summed E-state index contributed by atoms with van der Waals surface area (Å²) in [6, 6.07) is 30.3. The minimum absolute atomic E-state index is 0.239. The summed E-state index contributed by atoms with van der Waals surface area (Å²) in [5.74, 6) is 0. The van der Waals surface area contributed by atoms with Gasteiger partial charge in [0.15, 0.2) is 6.17 Å². The molecule has 0 bridgehead atoms. The molecule has 112 valence electrons. The lowest BCUT2D eigenvalue weighted by molar-refractivity contribution is 0.787. The maximum Gasteiger partial charge on any atom is 0.165 e. The van der Waals surface area contributed by atoms with Gasteiger partial charge in [-0.1, -0.05) is 91.0 Å². The number of rotatable bonds is 5. The highest BCUT2D eigenvalue weighted by molar-refractivity contribution is 5.81. The molecular formula is C21H18N2. The molecule has 0 spiro atoms. The lowest BCUT2D eigenvalue weighted by atomic mass is 10.1. The number of hydrogen-bond donors (Lipinski definition) is 0. The molecule has 0 aliphatic heterocycles. The fourth-order valence-corrected chi connectivity index (χ4v) is 2.23. The zero-order valence-electron chi connectivity index (χ0n) is 12.8. The van der Waals surface area contributed by atoms with Crippen molar-refractivity contribution in [3.63, 3.8) is 0 Å². The van der Waals surface area contributed by atoms with Crippen LogP contribution in [0.2, 0.25) is 0 Å². The number of aliphatic imine (C=N–C) groups is 2. The van der Waals surface area contributed by atoms with Gasteiger partial charge in [-0.2, -0.15) is 0 Å². The molecule has 2 heteroatoms. The topological polar surface area (TPSA) is 24.7 Å². The highest BCUT2D eigenvalue weighted by Gasteiger charge is 2.05. The van der Waals surface area contributed by atoms with Crippen LogP contribution in [0.5, 0.6) is 0 Å². The SMILES string of the molecule is C(=N\C(/N=C/c1ccccc1)c1ccccc1)/c1ccccc1. The van der Waals surface area contributed by atoms with E-state index in [-0.39, 0.29) is 6.17 Å². The monoisotopic (exact) mass is 298 g/mol. The van der Waals surface area contributed by atoms with Gasteiger partial charge < -0.3 is 0 Å². The van der Waals surface area contributed by atoms with Gasteiger partial charge in [-0.3, -0.25) is 9.98 Å². The van der Waals surface area contributed by atoms with Crippen LogP contribution >= 0.6 is 0 Å². The van der Waals surface area contributed by atoms with Crippen LogP contribution in [-0.4, -0.2) is 12.4 Å². The van der Waals surface area contributed by atoms with Crippen molar-refractivity contribution >= 4 is 12.4 Å². The average Bonchev–Trinajstić information content (AvgIpc) is 2.64. The normalized spacial score (nSPS) is 11.5. The Bertz CT molecular complexity index is 713. The lowest BCUT2D eigenvalue weighted by Crippen LogP contribution is -1.94. The first-order valence-corrected chi connectivity index (χ1v) is 7.63. The van der Waals surface area contributed by atoms with Crippen LogP contribution in [0.3, 0.4) is 0 Å². The second-order valence-corrected chi connectivity index (χ2v) is 5.16. The van der Waals surface area contributed by atoms with Crippen molar-refractivity contribution in [3.05, 3.63) is 108 Å². The summed E-state index contributed by atoms with van der Waals surface area (Å²) in [6.45, 7) is 0. The van der Waals surface area contributed by atoms with Gasteiger partial charge in [-0.05, 0) is 16.7 Å². The van der Waals surface area contributed by atoms with E-state index in [1.165, 1.54) is 0 Å². The summed E-state index contributed by atoms with van der Waals surface area (Å²) in [6.07, 6.45) is 3.51. The third kappa shape index (κ3) is 4.48. The third-order valence-electron chi connectivity index (χ3n) is 3.43. The molecule has 3 aromatic rings. The molecule has 0 fully saturated rings. The summed E-state index contributed by atoms with van der Waals surface area (Å²) in [5, 5.41) is 0. The van der Waals surface area contributed by atoms with Gasteiger partial charge in [0.1, 0.15) is 0 Å². The molecule has 0 aliphatic carbocycles. The second kappa shape index (κ2) is 7.85.